The van der Waals surface area contributed by atoms with Gasteiger partial charge in [-0.25, -0.2) is 0 Å². The van der Waals surface area contributed by atoms with Crippen LogP contribution in [0.5, 0.6) is 0 Å². The fourth-order valence-corrected chi connectivity index (χ4v) is 2.98. The Morgan fingerprint density at radius 3 is 2.58 bits per heavy atom. The molecule has 0 aliphatic carbocycles. The third-order valence-electron chi connectivity index (χ3n) is 4.25. The van der Waals surface area contributed by atoms with Crippen molar-refractivity contribution in [1.29, 1.82) is 0 Å². The van der Waals surface area contributed by atoms with Gasteiger partial charge in [0.05, 0.1) is 6.42 Å². The molecule has 1 aliphatic rings. The topological polar surface area (TPSA) is 77.9 Å². The normalized spacial score (nSPS) is 13.8. The van der Waals surface area contributed by atoms with Gasteiger partial charge in [-0.15, -0.1) is 0 Å². The fraction of sp³-hybridized carbons (Fsp3) is 0.500. The summed E-state index contributed by atoms with van der Waals surface area (Å²) in [5.74, 6) is -1.01. The maximum absolute atomic E-state index is 12.5. The highest BCUT2D eigenvalue weighted by Crippen LogP contribution is 2.27. The van der Waals surface area contributed by atoms with Crippen LogP contribution < -0.4 is 4.90 Å². The lowest BCUT2D eigenvalue weighted by Crippen LogP contribution is -2.42. The van der Waals surface area contributed by atoms with Crippen LogP contribution in [0.3, 0.4) is 0 Å². The van der Waals surface area contributed by atoms with E-state index in [0.717, 1.165) is 17.7 Å². The number of nitrogens with zero attached hydrogens (tertiary/aromatic N) is 2. The number of fused-ring (bicyclic) bond motifs is 1. The average molecular weight is 332 g/mol. The molecule has 2 amide bonds. The van der Waals surface area contributed by atoms with Crippen molar-refractivity contribution in [2.75, 3.05) is 18.0 Å². The third-order valence-corrected chi connectivity index (χ3v) is 4.25. The molecule has 24 heavy (non-hydrogen) atoms. The largest absolute Gasteiger partial charge is 0.481 e. The average Bonchev–Trinajstić information content (AvgIpc) is 2.53. The van der Waals surface area contributed by atoms with Gasteiger partial charge in [-0.05, 0) is 31.9 Å². The number of aliphatic carboxylic acids is 1. The van der Waals surface area contributed by atoms with Crippen LogP contribution in [0.15, 0.2) is 24.3 Å². The molecular formula is C18H24N2O4. The van der Waals surface area contributed by atoms with Crippen molar-refractivity contribution >= 4 is 23.5 Å². The van der Waals surface area contributed by atoms with E-state index in [1.165, 1.54) is 0 Å². The molecule has 6 nitrogen and oxygen atoms in total. The second kappa shape index (κ2) is 7.95. The summed E-state index contributed by atoms with van der Waals surface area (Å²) in [5, 5.41) is 8.81. The van der Waals surface area contributed by atoms with Crippen LogP contribution in [0.4, 0.5) is 5.69 Å². The van der Waals surface area contributed by atoms with Gasteiger partial charge >= 0.3 is 5.97 Å². The van der Waals surface area contributed by atoms with Crippen LogP contribution in [-0.4, -0.2) is 46.9 Å². The van der Waals surface area contributed by atoms with Gasteiger partial charge in [0, 0.05) is 37.7 Å². The Hall–Kier alpha value is -2.37. The molecule has 0 bridgehead atoms. The highest BCUT2D eigenvalue weighted by molar-refractivity contribution is 5.97. The van der Waals surface area contributed by atoms with Crippen LogP contribution in [0.25, 0.3) is 0 Å². The minimum absolute atomic E-state index is 0.0307. The number of aryl methyl sites for hydroxylation is 1. The Bertz CT molecular complexity index is 627. The number of carbonyl (C=O) groups is 3. The van der Waals surface area contributed by atoms with E-state index >= 15 is 0 Å². The van der Waals surface area contributed by atoms with Crippen LogP contribution in [0.2, 0.25) is 0 Å². The van der Waals surface area contributed by atoms with Crippen molar-refractivity contribution in [2.24, 2.45) is 0 Å². The first kappa shape index (κ1) is 18.0. The fourth-order valence-electron chi connectivity index (χ4n) is 2.98. The van der Waals surface area contributed by atoms with Gasteiger partial charge in [0.1, 0.15) is 0 Å². The maximum Gasteiger partial charge on any atom is 0.305 e. The van der Waals surface area contributed by atoms with Crippen LogP contribution >= 0.6 is 0 Å². The summed E-state index contributed by atoms with van der Waals surface area (Å²) in [5.41, 5.74) is 2.00. The summed E-state index contributed by atoms with van der Waals surface area (Å²) in [6.45, 7) is 4.24. The van der Waals surface area contributed by atoms with E-state index in [1.807, 2.05) is 38.1 Å². The second-order valence-electron chi connectivity index (χ2n) is 6.25. The lowest BCUT2D eigenvalue weighted by Gasteiger charge is -2.31. The molecule has 0 saturated heterocycles. The van der Waals surface area contributed by atoms with Crippen LogP contribution in [-0.2, 0) is 20.8 Å². The monoisotopic (exact) mass is 332 g/mol. The first-order valence-corrected chi connectivity index (χ1v) is 8.29. The Labute approximate surface area is 142 Å². The van der Waals surface area contributed by atoms with Crippen molar-refractivity contribution in [2.45, 2.75) is 45.6 Å². The number of amides is 2. The number of benzene rings is 1. The van der Waals surface area contributed by atoms with Crippen molar-refractivity contribution in [3.8, 4) is 0 Å². The smallest absolute Gasteiger partial charge is 0.305 e. The number of carboxylic acids is 1. The summed E-state index contributed by atoms with van der Waals surface area (Å²) in [6, 6.07) is 7.68. The SMILES string of the molecule is CC(C)N(CCC(=O)O)C(=O)CCN1C(=O)CCc2ccccc21. The summed E-state index contributed by atoms with van der Waals surface area (Å²) in [7, 11) is 0. The van der Waals surface area contributed by atoms with Gasteiger partial charge in [0.15, 0.2) is 0 Å². The summed E-state index contributed by atoms with van der Waals surface area (Å²) >= 11 is 0. The molecule has 1 aromatic rings. The minimum atomic E-state index is -0.923. The van der Waals surface area contributed by atoms with E-state index in [-0.39, 0.29) is 37.2 Å². The number of rotatable bonds is 7. The van der Waals surface area contributed by atoms with E-state index in [4.69, 9.17) is 5.11 Å². The Kier molecular flexibility index (Phi) is 5.95. The number of hydrogen-bond acceptors (Lipinski definition) is 3. The van der Waals surface area contributed by atoms with Gasteiger partial charge in [-0.2, -0.15) is 0 Å². The minimum Gasteiger partial charge on any atom is -0.481 e. The number of hydrogen-bond donors (Lipinski definition) is 1. The molecule has 2 rings (SSSR count). The molecule has 0 spiro atoms. The zero-order valence-electron chi connectivity index (χ0n) is 14.2. The number of carbonyl (C=O) groups excluding carboxylic acids is 2. The first-order valence-electron chi connectivity index (χ1n) is 8.29. The van der Waals surface area contributed by atoms with Crippen molar-refractivity contribution < 1.29 is 19.5 Å². The molecule has 1 N–H and O–H groups in total. The van der Waals surface area contributed by atoms with Gasteiger partial charge in [-0.3, -0.25) is 14.4 Å². The first-order chi connectivity index (χ1) is 11.4. The molecule has 130 valence electrons. The third kappa shape index (κ3) is 4.34. The molecule has 0 atom stereocenters. The van der Waals surface area contributed by atoms with Gasteiger partial charge in [-0.1, -0.05) is 18.2 Å². The molecule has 1 heterocycles. The van der Waals surface area contributed by atoms with Crippen molar-refractivity contribution in [3.05, 3.63) is 29.8 Å². The second-order valence-corrected chi connectivity index (χ2v) is 6.25. The predicted octanol–water partition coefficient (Wildman–Crippen LogP) is 2.07. The lowest BCUT2D eigenvalue weighted by atomic mass is 10.0. The van der Waals surface area contributed by atoms with E-state index in [0.29, 0.717) is 13.0 Å². The molecule has 0 fully saturated rings. The molecule has 6 heteroatoms. The van der Waals surface area contributed by atoms with E-state index < -0.39 is 5.97 Å². The molecular weight excluding hydrogens is 308 g/mol. The Morgan fingerprint density at radius 1 is 1.21 bits per heavy atom. The predicted molar refractivity (Wildman–Crippen MR) is 90.8 cm³/mol. The zero-order chi connectivity index (χ0) is 17.7. The molecule has 0 aromatic heterocycles. The Balaban J connectivity index is 2.02. The van der Waals surface area contributed by atoms with E-state index in [9.17, 15) is 14.4 Å². The number of anilines is 1. The van der Waals surface area contributed by atoms with E-state index in [1.54, 1.807) is 9.80 Å². The quantitative estimate of drug-likeness (QED) is 0.829. The lowest BCUT2D eigenvalue weighted by molar-refractivity contribution is -0.139. The molecule has 0 unspecified atom stereocenters. The number of carboxylic acid groups (broad SMARTS) is 1. The Morgan fingerprint density at radius 2 is 1.92 bits per heavy atom. The highest BCUT2D eigenvalue weighted by Gasteiger charge is 2.25. The standard InChI is InChI=1S/C18H24N2O4/c1-13(2)19(12-10-18(23)24)17(22)9-11-20-15-6-4-3-5-14(15)7-8-16(20)21/h3-6,13H,7-12H2,1-2H3,(H,23,24). The molecule has 1 aromatic carbocycles. The highest BCUT2D eigenvalue weighted by atomic mass is 16.4. The molecule has 0 radical (unpaired) electrons. The molecule has 1 aliphatic heterocycles. The number of para-hydroxylation sites is 1. The summed E-state index contributed by atoms with van der Waals surface area (Å²) in [6.07, 6.45) is 1.31. The summed E-state index contributed by atoms with van der Waals surface area (Å²) in [4.78, 5) is 38.6. The van der Waals surface area contributed by atoms with Crippen LogP contribution in [0, 0.1) is 0 Å². The molecule has 0 saturated carbocycles. The summed E-state index contributed by atoms with van der Waals surface area (Å²) < 4.78 is 0. The van der Waals surface area contributed by atoms with Crippen molar-refractivity contribution in [3.63, 3.8) is 0 Å². The maximum atomic E-state index is 12.5. The van der Waals surface area contributed by atoms with E-state index in [2.05, 4.69) is 0 Å². The van der Waals surface area contributed by atoms with Crippen LogP contribution in [0.1, 0.15) is 38.7 Å². The van der Waals surface area contributed by atoms with Gasteiger partial charge in [0.2, 0.25) is 11.8 Å². The van der Waals surface area contributed by atoms with Gasteiger partial charge < -0.3 is 14.9 Å². The van der Waals surface area contributed by atoms with Gasteiger partial charge in [0.25, 0.3) is 0 Å². The van der Waals surface area contributed by atoms with Crippen molar-refractivity contribution in [1.82, 2.24) is 4.90 Å². The zero-order valence-corrected chi connectivity index (χ0v) is 14.2.